The minimum atomic E-state index is 0. The van der Waals surface area contributed by atoms with Gasteiger partial charge in [0.05, 0.1) is 0 Å². The second-order valence-corrected chi connectivity index (χ2v) is 3.48. The molecule has 0 saturated heterocycles. The number of hydrogen-bond acceptors (Lipinski definition) is 2. The van der Waals surface area contributed by atoms with Gasteiger partial charge in [0.25, 0.3) is 0 Å². The van der Waals surface area contributed by atoms with E-state index in [4.69, 9.17) is 5.73 Å². The number of rotatable bonds is 2. The number of nitrogens with two attached hydrogens (primary N) is 1. The maximum atomic E-state index is 5.37. The van der Waals surface area contributed by atoms with Crippen LogP contribution >= 0.6 is 40.1 Å². The Hall–Kier alpha value is 0.330. The van der Waals surface area contributed by atoms with Crippen molar-refractivity contribution in [3.63, 3.8) is 0 Å². The van der Waals surface area contributed by atoms with Gasteiger partial charge >= 0.3 is 0 Å². The molecule has 0 aliphatic rings. The Labute approximate surface area is 79.9 Å². The molecule has 0 spiro atoms. The van der Waals surface area contributed by atoms with Gasteiger partial charge in [-0.15, -0.1) is 12.4 Å². The second-order valence-electron chi connectivity index (χ2n) is 1.37. The Morgan fingerprint density at radius 1 is 1.80 bits per heavy atom. The monoisotopic (exact) mass is 244 g/mol. The van der Waals surface area contributed by atoms with E-state index in [0.29, 0.717) is 5.17 Å². The Bertz CT molecular complexity index is 138. The Balaban J connectivity index is 0. The summed E-state index contributed by atoms with van der Waals surface area (Å²) in [6.07, 6.45) is 0. The van der Waals surface area contributed by atoms with Crippen LogP contribution in [-0.4, -0.2) is 18.0 Å². The molecule has 0 aromatic rings. The van der Waals surface area contributed by atoms with Crippen molar-refractivity contribution < 1.29 is 0 Å². The van der Waals surface area contributed by atoms with Crippen molar-refractivity contribution in [2.45, 2.75) is 0 Å². The molecule has 0 amide bonds. The average molecular weight is 246 g/mol. The molecule has 0 aliphatic carbocycles. The Morgan fingerprint density at radius 2 is 2.30 bits per heavy atom. The highest BCUT2D eigenvalue weighted by Gasteiger charge is 1.91. The highest BCUT2D eigenvalue weighted by Crippen LogP contribution is 2.10. The molecule has 0 heterocycles. The van der Waals surface area contributed by atoms with Gasteiger partial charge in [0.2, 0.25) is 0 Å². The maximum absolute atomic E-state index is 5.37. The van der Waals surface area contributed by atoms with Crippen LogP contribution in [0.15, 0.2) is 16.1 Å². The van der Waals surface area contributed by atoms with Gasteiger partial charge in [-0.1, -0.05) is 34.3 Å². The lowest BCUT2D eigenvalue weighted by Crippen LogP contribution is -2.06. The number of amidine groups is 1. The van der Waals surface area contributed by atoms with Crippen molar-refractivity contribution in [2.24, 2.45) is 10.7 Å². The predicted molar refractivity (Wildman–Crippen MR) is 55.3 cm³/mol. The molecule has 0 bridgehead atoms. The van der Waals surface area contributed by atoms with Gasteiger partial charge in [0, 0.05) is 12.8 Å². The molecule has 10 heavy (non-hydrogen) atoms. The third kappa shape index (κ3) is 8.33. The number of thioether (sulfide) groups is 1. The molecular weight excluding hydrogens is 235 g/mol. The topological polar surface area (TPSA) is 38.4 Å². The molecule has 0 atom stereocenters. The molecule has 0 saturated carbocycles. The van der Waals surface area contributed by atoms with Crippen molar-refractivity contribution in [3.8, 4) is 0 Å². The third-order valence-corrected chi connectivity index (χ3v) is 2.22. The van der Waals surface area contributed by atoms with Crippen molar-refractivity contribution in [3.05, 3.63) is 11.1 Å². The predicted octanol–water partition coefficient (Wildman–Crippen LogP) is 1.99. The Morgan fingerprint density at radius 3 is 2.60 bits per heavy atom. The summed E-state index contributed by atoms with van der Waals surface area (Å²) in [7, 11) is 1.67. The molecule has 0 aromatic heterocycles. The van der Waals surface area contributed by atoms with Crippen molar-refractivity contribution in [1.82, 2.24) is 0 Å². The molecule has 0 unspecified atom stereocenters. The van der Waals surface area contributed by atoms with E-state index >= 15 is 0 Å². The fourth-order valence-electron chi connectivity index (χ4n) is 0.217. The van der Waals surface area contributed by atoms with Crippen LogP contribution in [0.4, 0.5) is 0 Å². The summed E-state index contributed by atoms with van der Waals surface area (Å²) in [6.45, 7) is 3.65. The highest BCUT2D eigenvalue weighted by atomic mass is 79.9. The summed E-state index contributed by atoms with van der Waals surface area (Å²) in [6, 6.07) is 0. The molecule has 60 valence electrons. The van der Waals surface area contributed by atoms with E-state index in [1.54, 1.807) is 7.05 Å². The zero-order valence-corrected chi connectivity index (χ0v) is 8.85. The fourth-order valence-corrected chi connectivity index (χ4v) is 0.994. The first-order valence-electron chi connectivity index (χ1n) is 2.35. The van der Waals surface area contributed by atoms with Crippen molar-refractivity contribution >= 4 is 45.3 Å². The smallest absolute Gasteiger partial charge is 0.153 e. The zero-order chi connectivity index (χ0) is 7.28. The molecular formula is C5H10BrClN2S. The molecule has 5 heteroatoms. The van der Waals surface area contributed by atoms with E-state index < -0.39 is 0 Å². The number of aliphatic imine (C=N–C) groups is 1. The minimum absolute atomic E-state index is 0. The summed E-state index contributed by atoms with van der Waals surface area (Å²) in [5.74, 6) is 0.781. The normalized spacial score (nSPS) is 10.4. The fraction of sp³-hybridized carbons (Fsp3) is 0.400. The summed E-state index contributed by atoms with van der Waals surface area (Å²) in [4.78, 5) is 3.76. The molecule has 2 nitrogen and oxygen atoms in total. The van der Waals surface area contributed by atoms with Crippen LogP contribution in [0.25, 0.3) is 0 Å². The number of halogens is 2. The van der Waals surface area contributed by atoms with Gasteiger partial charge in [-0.3, -0.25) is 4.99 Å². The van der Waals surface area contributed by atoms with E-state index in [1.165, 1.54) is 11.8 Å². The highest BCUT2D eigenvalue weighted by molar-refractivity contribution is 9.11. The summed E-state index contributed by atoms with van der Waals surface area (Å²) < 4.78 is 0.930. The Kier molecular flexibility index (Phi) is 9.64. The summed E-state index contributed by atoms with van der Waals surface area (Å²) in [5, 5.41) is 0.593. The van der Waals surface area contributed by atoms with E-state index in [1.807, 2.05) is 0 Å². The van der Waals surface area contributed by atoms with E-state index in [2.05, 4.69) is 27.5 Å². The molecule has 2 N–H and O–H groups in total. The van der Waals surface area contributed by atoms with Gasteiger partial charge in [-0.2, -0.15) is 0 Å². The number of nitrogens with zero attached hydrogens (tertiary/aromatic N) is 1. The van der Waals surface area contributed by atoms with E-state index in [0.717, 1.165) is 10.2 Å². The average Bonchev–Trinajstić information content (AvgIpc) is 1.83. The number of hydrogen-bond donors (Lipinski definition) is 1. The van der Waals surface area contributed by atoms with Gasteiger partial charge in [-0.05, 0) is 4.48 Å². The largest absolute Gasteiger partial charge is 0.379 e. The van der Waals surface area contributed by atoms with Gasteiger partial charge in [-0.25, -0.2) is 0 Å². The minimum Gasteiger partial charge on any atom is -0.379 e. The van der Waals surface area contributed by atoms with Crippen LogP contribution in [0, 0.1) is 0 Å². The molecule has 0 aliphatic heterocycles. The molecule has 0 rings (SSSR count). The van der Waals surface area contributed by atoms with E-state index in [-0.39, 0.29) is 12.4 Å². The third-order valence-electron chi connectivity index (χ3n) is 0.597. The molecule has 0 fully saturated rings. The first kappa shape index (κ1) is 13.0. The maximum Gasteiger partial charge on any atom is 0.153 e. The van der Waals surface area contributed by atoms with Crippen LogP contribution in [0.1, 0.15) is 0 Å². The van der Waals surface area contributed by atoms with E-state index in [9.17, 15) is 0 Å². The van der Waals surface area contributed by atoms with Gasteiger partial charge in [0.1, 0.15) is 0 Å². The van der Waals surface area contributed by atoms with Crippen LogP contribution in [-0.2, 0) is 0 Å². The zero-order valence-electron chi connectivity index (χ0n) is 5.63. The summed E-state index contributed by atoms with van der Waals surface area (Å²) >= 11 is 4.67. The molecule has 0 aromatic carbocycles. The molecule has 0 radical (unpaired) electrons. The lowest BCUT2D eigenvalue weighted by molar-refractivity contribution is 1.44. The van der Waals surface area contributed by atoms with Gasteiger partial charge in [0.15, 0.2) is 5.17 Å². The quantitative estimate of drug-likeness (QED) is 0.597. The summed E-state index contributed by atoms with van der Waals surface area (Å²) in [5.41, 5.74) is 5.37. The first-order valence-corrected chi connectivity index (χ1v) is 4.13. The second kappa shape index (κ2) is 7.44. The first-order chi connectivity index (χ1) is 4.16. The van der Waals surface area contributed by atoms with Crippen LogP contribution in [0.2, 0.25) is 0 Å². The van der Waals surface area contributed by atoms with Crippen molar-refractivity contribution in [2.75, 3.05) is 12.8 Å². The van der Waals surface area contributed by atoms with Gasteiger partial charge < -0.3 is 5.73 Å². The van der Waals surface area contributed by atoms with Crippen LogP contribution in [0.5, 0.6) is 0 Å². The standard InChI is InChI=1S/C5H9BrN2S.ClH/c1-4(6)3-9-5(7)8-2;/h1,3H2,2H3,(H2,7,8);1H. The van der Waals surface area contributed by atoms with Crippen LogP contribution in [0.3, 0.4) is 0 Å². The lowest BCUT2D eigenvalue weighted by atomic mass is 10.8. The van der Waals surface area contributed by atoms with Crippen molar-refractivity contribution in [1.29, 1.82) is 0 Å². The lowest BCUT2D eigenvalue weighted by Gasteiger charge is -1.95. The van der Waals surface area contributed by atoms with Crippen LogP contribution < -0.4 is 5.73 Å². The SMILES string of the molecule is C=C(Br)CSC(N)=NC.Cl.